The molecule has 6 N–H and O–H groups in total. The number of anilines is 1. The van der Waals surface area contributed by atoms with Gasteiger partial charge in [0.2, 0.25) is 0 Å². The quantitative estimate of drug-likeness (QED) is 0.219. The van der Waals surface area contributed by atoms with E-state index >= 15 is 4.39 Å². The summed E-state index contributed by atoms with van der Waals surface area (Å²) in [5.41, 5.74) is 8.08. The molecule has 198 valence electrons. The van der Waals surface area contributed by atoms with Crippen LogP contribution in [-0.4, -0.2) is 58.1 Å². The molecule has 0 bridgehead atoms. The van der Waals surface area contributed by atoms with E-state index in [9.17, 15) is 19.7 Å². The number of aliphatic hydroxyl groups excluding tert-OH is 3. The van der Waals surface area contributed by atoms with Crippen molar-refractivity contribution in [3.8, 4) is 11.3 Å². The zero-order valence-corrected chi connectivity index (χ0v) is 21.2. The fourth-order valence-electron chi connectivity index (χ4n) is 5.42. The number of aromatic nitrogens is 2. The van der Waals surface area contributed by atoms with Crippen LogP contribution in [0.5, 0.6) is 0 Å². The first-order chi connectivity index (χ1) is 17.5. The van der Waals surface area contributed by atoms with Gasteiger partial charge in [-0.2, -0.15) is 0 Å². The van der Waals surface area contributed by atoms with Crippen molar-refractivity contribution in [2.45, 2.75) is 81.7 Å². The zero-order chi connectivity index (χ0) is 26.9. The number of alkyl halides is 1. The van der Waals surface area contributed by atoms with Crippen molar-refractivity contribution in [3.05, 3.63) is 53.1 Å². The molecular weight excluding hydrogens is 477 g/mol. The minimum absolute atomic E-state index is 0.0393. The van der Waals surface area contributed by atoms with Gasteiger partial charge in [-0.1, -0.05) is 32.1 Å². The fourth-order valence-corrected chi connectivity index (χ4v) is 5.42. The minimum atomic E-state index is -1.47. The van der Waals surface area contributed by atoms with Crippen molar-refractivity contribution in [2.75, 3.05) is 12.3 Å². The van der Waals surface area contributed by atoms with Crippen LogP contribution in [0.3, 0.4) is 0 Å². The maximum Gasteiger partial charge on any atom is 0.150 e. The summed E-state index contributed by atoms with van der Waals surface area (Å²) in [6.45, 7) is 2.98. The Labute approximate surface area is 217 Å². The molecule has 2 aromatic rings. The third-order valence-electron chi connectivity index (χ3n) is 7.65. The van der Waals surface area contributed by atoms with Crippen molar-refractivity contribution in [1.82, 2.24) is 15.3 Å². The van der Waals surface area contributed by atoms with Crippen molar-refractivity contribution < 1.29 is 24.1 Å². The molecule has 0 amide bonds. The number of rotatable bonds is 7. The SMILES string of the molecule is [B]C1(C)C=C([C@@H](CO)NC(O)c2ccc(-c3nc(C4CCC(O)CC4)cnc3N)cc2F)C(C)C(F)C1. The van der Waals surface area contributed by atoms with E-state index in [1.54, 1.807) is 32.2 Å². The molecule has 7 nitrogen and oxygen atoms in total. The molecule has 1 saturated carbocycles. The van der Waals surface area contributed by atoms with Gasteiger partial charge in [0.1, 0.15) is 29.7 Å². The lowest BCUT2D eigenvalue weighted by Gasteiger charge is -2.38. The molecule has 0 spiro atoms. The van der Waals surface area contributed by atoms with Gasteiger partial charge >= 0.3 is 0 Å². The van der Waals surface area contributed by atoms with Gasteiger partial charge in [-0.05, 0) is 49.1 Å². The number of nitrogens with zero attached hydrogens (tertiary/aromatic N) is 2. The van der Waals surface area contributed by atoms with E-state index < -0.39 is 42.1 Å². The van der Waals surface area contributed by atoms with Crippen LogP contribution in [0, 0.1) is 11.7 Å². The second-order valence-electron chi connectivity index (χ2n) is 10.7. The molecular formula is C27H35BF2N4O3. The van der Waals surface area contributed by atoms with Gasteiger partial charge < -0.3 is 21.1 Å². The molecule has 1 aromatic heterocycles. The lowest BCUT2D eigenvalue weighted by Crippen LogP contribution is -2.43. The Morgan fingerprint density at radius 1 is 1.27 bits per heavy atom. The Kier molecular flexibility index (Phi) is 8.33. The van der Waals surface area contributed by atoms with Crippen LogP contribution in [0.2, 0.25) is 5.31 Å². The highest BCUT2D eigenvalue weighted by Crippen LogP contribution is 2.42. The second-order valence-corrected chi connectivity index (χ2v) is 10.7. The number of halogens is 2. The Morgan fingerprint density at radius 2 is 1.97 bits per heavy atom. The van der Waals surface area contributed by atoms with Crippen LogP contribution in [-0.2, 0) is 0 Å². The van der Waals surface area contributed by atoms with Crippen LogP contribution in [0.15, 0.2) is 36.0 Å². The zero-order valence-electron chi connectivity index (χ0n) is 21.2. The van der Waals surface area contributed by atoms with Gasteiger partial charge in [0.25, 0.3) is 0 Å². The van der Waals surface area contributed by atoms with Crippen LogP contribution < -0.4 is 11.1 Å². The molecule has 0 aliphatic heterocycles. The molecule has 4 unspecified atom stereocenters. The molecule has 5 atom stereocenters. The molecule has 2 aliphatic rings. The minimum Gasteiger partial charge on any atom is -0.394 e. The van der Waals surface area contributed by atoms with Crippen molar-refractivity contribution >= 4 is 13.7 Å². The average Bonchev–Trinajstić information content (AvgIpc) is 2.85. The Bertz CT molecular complexity index is 1140. The van der Waals surface area contributed by atoms with Crippen LogP contribution in [0.4, 0.5) is 14.6 Å². The highest BCUT2D eigenvalue weighted by molar-refractivity contribution is 6.16. The number of nitrogens with two attached hydrogens (primary N) is 1. The lowest BCUT2D eigenvalue weighted by atomic mass is 9.60. The third kappa shape index (κ3) is 6.20. The summed E-state index contributed by atoms with van der Waals surface area (Å²) >= 11 is 0. The first-order valence-corrected chi connectivity index (χ1v) is 12.8. The molecule has 1 heterocycles. The summed E-state index contributed by atoms with van der Waals surface area (Å²) in [6, 6.07) is 3.45. The summed E-state index contributed by atoms with van der Waals surface area (Å²) in [5.74, 6) is -0.896. The Morgan fingerprint density at radius 3 is 2.62 bits per heavy atom. The number of hydrogen-bond acceptors (Lipinski definition) is 7. The predicted molar refractivity (Wildman–Crippen MR) is 139 cm³/mol. The van der Waals surface area contributed by atoms with Gasteiger partial charge in [-0.25, -0.2) is 18.7 Å². The third-order valence-corrected chi connectivity index (χ3v) is 7.65. The van der Waals surface area contributed by atoms with Gasteiger partial charge in [-0.3, -0.25) is 5.32 Å². The summed E-state index contributed by atoms with van der Waals surface area (Å²) < 4.78 is 29.8. The number of benzene rings is 1. The predicted octanol–water partition coefficient (Wildman–Crippen LogP) is 3.48. The number of nitrogens with one attached hydrogen (secondary N) is 1. The number of aliphatic hydroxyl groups is 3. The van der Waals surface area contributed by atoms with E-state index in [2.05, 4.69) is 15.3 Å². The van der Waals surface area contributed by atoms with E-state index in [0.717, 1.165) is 18.5 Å². The van der Waals surface area contributed by atoms with Crippen LogP contribution in [0.25, 0.3) is 11.3 Å². The number of nitrogen functional groups attached to an aromatic ring is 1. The molecule has 10 heteroatoms. The first kappa shape index (κ1) is 27.6. The summed E-state index contributed by atoms with van der Waals surface area (Å²) in [6.07, 6.45) is 3.52. The maximum absolute atomic E-state index is 15.2. The molecule has 0 saturated heterocycles. The van der Waals surface area contributed by atoms with Gasteiger partial charge in [0.05, 0.1) is 38.5 Å². The topological polar surface area (TPSA) is 125 Å². The van der Waals surface area contributed by atoms with Crippen molar-refractivity contribution in [1.29, 1.82) is 0 Å². The molecule has 1 fully saturated rings. The fraction of sp³-hybridized carbons (Fsp3) is 0.556. The molecule has 4 rings (SSSR count). The van der Waals surface area contributed by atoms with Crippen LogP contribution in [0.1, 0.15) is 69.4 Å². The van der Waals surface area contributed by atoms with E-state index in [1.807, 2.05) is 0 Å². The lowest BCUT2D eigenvalue weighted by molar-refractivity contribution is 0.101. The average molecular weight is 512 g/mol. The highest BCUT2D eigenvalue weighted by atomic mass is 19.1. The van der Waals surface area contributed by atoms with Crippen molar-refractivity contribution in [3.63, 3.8) is 0 Å². The largest absolute Gasteiger partial charge is 0.394 e. The van der Waals surface area contributed by atoms with E-state index in [1.165, 1.54) is 12.1 Å². The van der Waals surface area contributed by atoms with Crippen LogP contribution >= 0.6 is 0 Å². The smallest absolute Gasteiger partial charge is 0.150 e. The summed E-state index contributed by atoms with van der Waals surface area (Å²) in [4.78, 5) is 8.91. The molecule has 2 radical (unpaired) electrons. The monoisotopic (exact) mass is 512 g/mol. The van der Waals surface area contributed by atoms with Gasteiger partial charge in [-0.15, -0.1) is 0 Å². The normalized spacial score (nSPS) is 30.0. The second kappa shape index (κ2) is 11.1. The highest BCUT2D eigenvalue weighted by Gasteiger charge is 2.36. The first-order valence-electron chi connectivity index (χ1n) is 12.8. The van der Waals surface area contributed by atoms with E-state index in [0.29, 0.717) is 29.7 Å². The van der Waals surface area contributed by atoms with E-state index in [-0.39, 0.29) is 29.8 Å². The summed E-state index contributed by atoms with van der Waals surface area (Å²) in [7, 11) is 6.15. The molecule has 2 aliphatic carbocycles. The molecule has 37 heavy (non-hydrogen) atoms. The number of hydrogen-bond donors (Lipinski definition) is 5. The maximum atomic E-state index is 15.2. The van der Waals surface area contributed by atoms with Gasteiger partial charge in [0.15, 0.2) is 0 Å². The van der Waals surface area contributed by atoms with Gasteiger partial charge in [0, 0.05) is 23.0 Å². The number of allylic oxidation sites excluding steroid dienone is 1. The Balaban J connectivity index is 1.54. The standard InChI is InChI=1S/C27H35BF2N4O3/c1-14-19(10-27(2,28)11-21(14)30)23(13-35)34-26(37)18-8-5-16(9-20(18)29)24-25(31)32-12-22(33-24)15-3-6-17(36)7-4-15/h5,8-10,12,14-15,17,21,23,26,34-37H,3-4,6-7,11,13H2,1-2H3,(H2,31,32)/t14?,15?,17?,21?,23-,26?,27?/m1/s1. The molecule has 1 aromatic carbocycles. The summed E-state index contributed by atoms with van der Waals surface area (Å²) in [5, 5.41) is 32.5. The van der Waals surface area contributed by atoms with E-state index in [4.69, 9.17) is 13.6 Å². The Hall–Kier alpha value is -2.40. The van der Waals surface area contributed by atoms with Crippen molar-refractivity contribution in [2.24, 2.45) is 5.92 Å².